The van der Waals surface area contributed by atoms with E-state index in [0.717, 1.165) is 23.0 Å². The molecule has 1 atom stereocenters. The Labute approximate surface area is 118 Å². The average Bonchev–Trinajstić information content (AvgIpc) is 2.80. The summed E-state index contributed by atoms with van der Waals surface area (Å²) in [5.74, 6) is 2.58. The van der Waals surface area contributed by atoms with Gasteiger partial charge in [0, 0.05) is 5.02 Å². The summed E-state index contributed by atoms with van der Waals surface area (Å²) in [4.78, 5) is 0. The number of halogens is 1. The minimum absolute atomic E-state index is 0.0476. The van der Waals surface area contributed by atoms with Gasteiger partial charge in [0.2, 0.25) is 0 Å². The Morgan fingerprint density at radius 1 is 1.32 bits per heavy atom. The monoisotopic (exact) mass is 279 g/mol. The topological polar surface area (TPSA) is 34.4 Å². The standard InChI is InChI=1S/C15H18ClNO2/c1-4-18-15-8-6-12(16)9-13(15)17-11(3)14-7-5-10(2)19-14/h5-9,11,17H,4H2,1-3H3. The molecule has 102 valence electrons. The van der Waals surface area contributed by atoms with E-state index in [4.69, 9.17) is 20.8 Å². The van der Waals surface area contributed by atoms with Crippen molar-refractivity contribution < 1.29 is 9.15 Å². The predicted octanol–water partition coefficient (Wildman–Crippen LogP) is 4.81. The minimum Gasteiger partial charge on any atom is -0.492 e. The van der Waals surface area contributed by atoms with Crippen LogP contribution in [0.25, 0.3) is 0 Å². The van der Waals surface area contributed by atoms with Crippen LogP contribution in [0.2, 0.25) is 5.02 Å². The molecular formula is C15H18ClNO2. The maximum atomic E-state index is 6.03. The van der Waals surface area contributed by atoms with Crippen molar-refractivity contribution in [1.29, 1.82) is 0 Å². The Balaban J connectivity index is 2.19. The molecule has 0 aliphatic heterocycles. The van der Waals surface area contributed by atoms with Gasteiger partial charge >= 0.3 is 0 Å². The fourth-order valence-electron chi connectivity index (χ4n) is 1.89. The van der Waals surface area contributed by atoms with Crippen molar-refractivity contribution in [1.82, 2.24) is 0 Å². The zero-order chi connectivity index (χ0) is 13.8. The van der Waals surface area contributed by atoms with Crippen LogP contribution in [0.3, 0.4) is 0 Å². The van der Waals surface area contributed by atoms with Gasteiger partial charge in [-0.05, 0) is 51.1 Å². The maximum absolute atomic E-state index is 6.03. The van der Waals surface area contributed by atoms with Gasteiger partial charge in [-0.1, -0.05) is 11.6 Å². The summed E-state index contributed by atoms with van der Waals surface area (Å²) in [6.45, 7) is 6.54. The Morgan fingerprint density at radius 2 is 2.11 bits per heavy atom. The van der Waals surface area contributed by atoms with Crippen molar-refractivity contribution in [2.45, 2.75) is 26.8 Å². The van der Waals surface area contributed by atoms with Gasteiger partial charge in [0.15, 0.2) is 0 Å². The van der Waals surface area contributed by atoms with E-state index in [-0.39, 0.29) is 6.04 Å². The molecule has 0 amide bonds. The molecule has 19 heavy (non-hydrogen) atoms. The van der Waals surface area contributed by atoms with Crippen LogP contribution in [0.15, 0.2) is 34.7 Å². The SMILES string of the molecule is CCOc1ccc(Cl)cc1NC(C)c1ccc(C)o1. The van der Waals surface area contributed by atoms with Crippen molar-refractivity contribution in [2.24, 2.45) is 0 Å². The van der Waals surface area contributed by atoms with Crippen molar-refractivity contribution >= 4 is 17.3 Å². The highest BCUT2D eigenvalue weighted by molar-refractivity contribution is 6.30. The number of aryl methyl sites for hydroxylation is 1. The van der Waals surface area contributed by atoms with Gasteiger partial charge < -0.3 is 14.5 Å². The minimum atomic E-state index is 0.0476. The fraction of sp³-hybridized carbons (Fsp3) is 0.333. The lowest BCUT2D eigenvalue weighted by atomic mass is 10.2. The van der Waals surface area contributed by atoms with Gasteiger partial charge in [-0.25, -0.2) is 0 Å². The molecule has 1 aromatic heterocycles. The first-order chi connectivity index (χ1) is 9.10. The largest absolute Gasteiger partial charge is 0.492 e. The second-order valence-corrected chi connectivity index (χ2v) is 4.82. The second-order valence-electron chi connectivity index (χ2n) is 4.39. The first-order valence-corrected chi connectivity index (χ1v) is 6.73. The lowest BCUT2D eigenvalue weighted by Crippen LogP contribution is -2.07. The van der Waals surface area contributed by atoms with Crippen molar-refractivity contribution in [3.8, 4) is 5.75 Å². The molecule has 0 radical (unpaired) electrons. The van der Waals surface area contributed by atoms with Crippen LogP contribution in [-0.4, -0.2) is 6.61 Å². The number of ether oxygens (including phenoxy) is 1. The zero-order valence-electron chi connectivity index (χ0n) is 11.4. The molecule has 2 aromatic rings. The second kappa shape index (κ2) is 6.02. The number of anilines is 1. The molecule has 1 aromatic carbocycles. The Morgan fingerprint density at radius 3 is 2.74 bits per heavy atom. The molecule has 0 saturated carbocycles. The Kier molecular flexibility index (Phi) is 4.38. The van der Waals surface area contributed by atoms with Crippen LogP contribution in [0, 0.1) is 6.92 Å². The lowest BCUT2D eigenvalue weighted by Gasteiger charge is -2.17. The third-order valence-electron chi connectivity index (χ3n) is 2.80. The van der Waals surface area contributed by atoms with Crippen molar-refractivity contribution in [3.05, 3.63) is 46.9 Å². The molecule has 0 saturated heterocycles. The van der Waals surface area contributed by atoms with Gasteiger partial charge in [-0.15, -0.1) is 0 Å². The van der Waals surface area contributed by atoms with Gasteiger partial charge in [0.25, 0.3) is 0 Å². The number of nitrogens with one attached hydrogen (secondary N) is 1. The van der Waals surface area contributed by atoms with E-state index in [9.17, 15) is 0 Å². The highest BCUT2D eigenvalue weighted by Crippen LogP contribution is 2.31. The molecule has 1 unspecified atom stereocenters. The number of benzene rings is 1. The van der Waals surface area contributed by atoms with Crippen molar-refractivity contribution in [3.63, 3.8) is 0 Å². The number of hydrogen-bond acceptors (Lipinski definition) is 3. The van der Waals surface area contributed by atoms with E-state index in [2.05, 4.69) is 5.32 Å². The van der Waals surface area contributed by atoms with Gasteiger partial charge in [-0.2, -0.15) is 0 Å². The van der Waals surface area contributed by atoms with Crippen LogP contribution in [-0.2, 0) is 0 Å². The quantitative estimate of drug-likeness (QED) is 0.852. The molecule has 0 spiro atoms. The molecule has 0 aliphatic carbocycles. The summed E-state index contributed by atoms with van der Waals surface area (Å²) in [6.07, 6.45) is 0. The third-order valence-corrected chi connectivity index (χ3v) is 3.04. The number of rotatable bonds is 5. The summed E-state index contributed by atoms with van der Waals surface area (Å²) >= 11 is 6.03. The van der Waals surface area contributed by atoms with E-state index < -0.39 is 0 Å². The van der Waals surface area contributed by atoms with Gasteiger partial charge in [-0.3, -0.25) is 0 Å². The predicted molar refractivity (Wildman–Crippen MR) is 78.1 cm³/mol. The molecular weight excluding hydrogens is 262 g/mol. The molecule has 4 heteroatoms. The van der Waals surface area contributed by atoms with E-state index in [1.54, 1.807) is 0 Å². The first-order valence-electron chi connectivity index (χ1n) is 6.35. The molecule has 1 N–H and O–H groups in total. The molecule has 0 fully saturated rings. The van der Waals surface area contributed by atoms with Crippen LogP contribution in [0.5, 0.6) is 5.75 Å². The number of hydrogen-bond donors (Lipinski definition) is 1. The van der Waals surface area contributed by atoms with Crippen LogP contribution < -0.4 is 10.1 Å². The third kappa shape index (κ3) is 3.44. The van der Waals surface area contributed by atoms with E-state index in [1.807, 2.05) is 51.1 Å². The lowest BCUT2D eigenvalue weighted by molar-refractivity contribution is 0.341. The highest BCUT2D eigenvalue weighted by Gasteiger charge is 2.12. The molecule has 3 nitrogen and oxygen atoms in total. The smallest absolute Gasteiger partial charge is 0.142 e. The van der Waals surface area contributed by atoms with Crippen LogP contribution in [0.4, 0.5) is 5.69 Å². The number of furan rings is 1. The van der Waals surface area contributed by atoms with Gasteiger partial charge in [0.1, 0.15) is 17.3 Å². The molecule has 1 heterocycles. The Bertz CT molecular complexity index is 551. The summed E-state index contributed by atoms with van der Waals surface area (Å²) in [7, 11) is 0. The maximum Gasteiger partial charge on any atom is 0.142 e. The molecule has 0 aliphatic rings. The summed E-state index contributed by atoms with van der Waals surface area (Å²) < 4.78 is 11.2. The van der Waals surface area contributed by atoms with Crippen LogP contribution >= 0.6 is 11.6 Å². The fourth-order valence-corrected chi connectivity index (χ4v) is 2.06. The van der Waals surface area contributed by atoms with E-state index in [0.29, 0.717) is 11.6 Å². The van der Waals surface area contributed by atoms with E-state index in [1.165, 1.54) is 0 Å². The highest BCUT2D eigenvalue weighted by atomic mass is 35.5. The Hall–Kier alpha value is -1.61. The summed E-state index contributed by atoms with van der Waals surface area (Å²) in [5, 5.41) is 4.04. The molecule has 0 bridgehead atoms. The first kappa shape index (κ1) is 13.8. The normalized spacial score (nSPS) is 12.2. The molecule has 2 rings (SSSR count). The summed E-state index contributed by atoms with van der Waals surface area (Å²) in [5.41, 5.74) is 0.871. The zero-order valence-corrected chi connectivity index (χ0v) is 12.1. The van der Waals surface area contributed by atoms with Crippen LogP contribution in [0.1, 0.15) is 31.4 Å². The average molecular weight is 280 g/mol. The van der Waals surface area contributed by atoms with Gasteiger partial charge in [0.05, 0.1) is 18.3 Å². The summed E-state index contributed by atoms with van der Waals surface area (Å²) in [6, 6.07) is 9.52. The van der Waals surface area contributed by atoms with E-state index >= 15 is 0 Å². The van der Waals surface area contributed by atoms with Crippen molar-refractivity contribution in [2.75, 3.05) is 11.9 Å².